The molecule has 0 aliphatic carbocycles. The Hall–Kier alpha value is -2.93. The zero-order valence-electron chi connectivity index (χ0n) is 12.3. The Labute approximate surface area is 139 Å². The number of nitrogens with zero attached hydrogens (tertiary/aromatic N) is 2. The van der Waals surface area contributed by atoms with Gasteiger partial charge in [-0.25, -0.2) is 14.2 Å². The molecule has 0 saturated carbocycles. The van der Waals surface area contributed by atoms with Crippen molar-refractivity contribution in [1.82, 2.24) is 9.55 Å². The van der Waals surface area contributed by atoms with Crippen LogP contribution in [-0.2, 0) is 0 Å². The molecule has 2 aromatic heterocycles. The lowest BCUT2D eigenvalue weighted by atomic mass is 10.1. The van der Waals surface area contributed by atoms with E-state index in [-0.39, 0.29) is 11.0 Å². The third kappa shape index (κ3) is 2.59. The van der Waals surface area contributed by atoms with Gasteiger partial charge in [0.05, 0.1) is 18.2 Å². The fraction of sp³-hybridized carbons (Fsp3) is 0.0625. The number of halogens is 2. The monoisotopic (exact) mass is 348 g/mol. The molecular weight excluding hydrogens is 339 g/mol. The largest absolute Gasteiger partial charge is 0.497 e. The van der Waals surface area contributed by atoms with Gasteiger partial charge in [0.15, 0.2) is 11.0 Å². The molecular formula is C16H10ClFN2O4. The normalized spacial score (nSPS) is 10.8. The van der Waals surface area contributed by atoms with Gasteiger partial charge in [0.1, 0.15) is 17.0 Å². The van der Waals surface area contributed by atoms with Gasteiger partial charge in [-0.1, -0.05) is 17.7 Å². The minimum atomic E-state index is -1.42. The topological polar surface area (TPSA) is 81.4 Å². The van der Waals surface area contributed by atoms with Gasteiger partial charge in [0.2, 0.25) is 5.43 Å². The lowest BCUT2D eigenvalue weighted by molar-refractivity contribution is 0.0695. The zero-order chi connectivity index (χ0) is 17.4. The second-order valence-corrected chi connectivity index (χ2v) is 5.24. The first-order chi connectivity index (χ1) is 11.4. The number of aromatic carboxylic acids is 1. The molecule has 122 valence electrons. The summed E-state index contributed by atoms with van der Waals surface area (Å²) in [6.45, 7) is 0. The van der Waals surface area contributed by atoms with Crippen LogP contribution in [0.2, 0.25) is 5.15 Å². The number of aromatic nitrogens is 2. The lowest BCUT2D eigenvalue weighted by Gasteiger charge is -2.13. The van der Waals surface area contributed by atoms with Gasteiger partial charge in [-0.05, 0) is 18.2 Å². The SMILES string of the molecule is COc1cccc(-n2cc(C(=O)O)c(=O)c3cc(F)c(Cl)nc32)c1. The summed E-state index contributed by atoms with van der Waals surface area (Å²) in [4.78, 5) is 27.5. The van der Waals surface area contributed by atoms with Crippen LogP contribution in [0.15, 0.2) is 41.3 Å². The van der Waals surface area contributed by atoms with Crippen LogP contribution < -0.4 is 10.2 Å². The zero-order valence-corrected chi connectivity index (χ0v) is 13.0. The first-order valence-corrected chi connectivity index (χ1v) is 7.09. The van der Waals surface area contributed by atoms with Gasteiger partial charge in [-0.3, -0.25) is 4.79 Å². The number of carbonyl (C=O) groups is 1. The van der Waals surface area contributed by atoms with Crippen molar-refractivity contribution in [1.29, 1.82) is 0 Å². The number of benzene rings is 1. The van der Waals surface area contributed by atoms with Crippen molar-refractivity contribution < 1.29 is 19.0 Å². The third-order valence-electron chi connectivity index (χ3n) is 3.45. The predicted octanol–water partition coefficient (Wildman–Crippen LogP) is 2.89. The summed E-state index contributed by atoms with van der Waals surface area (Å²) in [7, 11) is 1.48. The molecule has 0 radical (unpaired) electrons. The van der Waals surface area contributed by atoms with Crippen LogP contribution in [0.1, 0.15) is 10.4 Å². The van der Waals surface area contributed by atoms with Crippen molar-refractivity contribution in [2.75, 3.05) is 7.11 Å². The van der Waals surface area contributed by atoms with E-state index in [1.165, 1.54) is 11.7 Å². The van der Waals surface area contributed by atoms with E-state index in [0.29, 0.717) is 11.4 Å². The first-order valence-electron chi connectivity index (χ1n) is 6.71. The van der Waals surface area contributed by atoms with Crippen LogP contribution in [0.3, 0.4) is 0 Å². The molecule has 3 rings (SSSR count). The van der Waals surface area contributed by atoms with Crippen molar-refractivity contribution in [2.45, 2.75) is 0 Å². The molecule has 24 heavy (non-hydrogen) atoms. The molecule has 0 atom stereocenters. The third-order valence-corrected chi connectivity index (χ3v) is 3.72. The van der Waals surface area contributed by atoms with Crippen molar-refractivity contribution >= 4 is 28.6 Å². The number of methoxy groups -OCH3 is 1. The maximum atomic E-state index is 13.7. The van der Waals surface area contributed by atoms with E-state index in [9.17, 15) is 19.1 Å². The summed E-state index contributed by atoms with van der Waals surface area (Å²) in [6.07, 6.45) is 1.13. The van der Waals surface area contributed by atoms with Gasteiger partial charge in [0, 0.05) is 12.3 Å². The van der Waals surface area contributed by atoms with Gasteiger partial charge in [0.25, 0.3) is 0 Å². The Morgan fingerprint density at radius 1 is 1.38 bits per heavy atom. The lowest BCUT2D eigenvalue weighted by Crippen LogP contribution is -2.19. The van der Waals surface area contributed by atoms with Crippen LogP contribution in [0.25, 0.3) is 16.7 Å². The van der Waals surface area contributed by atoms with Crippen molar-refractivity contribution in [3.05, 3.63) is 63.3 Å². The van der Waals surface area contributed by atoms with E-state index in [1.807, 2.05) is 0 Å². The van der Waals surface area contributed by atoms with Gasteiger partial charge in [-0.2, -0.15) is 0 Å². The number of fused-ring (bicyclic) bond motifs is 1. The molecule has 1 aromatic carbocycles. The highest BCUT2D eigenvalue weighted by molar-refractivity contribution is 6.29. The number of pyridine rings is 2. The number of hydrogen-bond donors (Lipinski definition) is 1. The molecule has 6 nitrogen and oxygen atoms in total. The molecule has 0 saturated heterocycles. The average Bonchev–Trinajstić information content (AvgIpc) is 2.57. The predicted molar refractivity (Wildman–Crippen MR) is 85.8 cm³/mol. The van der Waals surface area contributed by atoms with Crippen LogP contribution in [0.5, 0.6) is 5.75 Å². The molecule has 0 aliphatic heterocycles. The molecule has 3 aromatic rings. The van der Waals surface area contributed by atoms with Gasteiger partial charge >= 0.3 is 5.97 Å². The number of hydrogen-bond acceptors (Lipinski definition) is 4. The molecule has 2 heterocycles. The van der Waals surface area contributed by atoms with Gasteiger partial charge < -0.3 is 14.4 Å². The standard InChI is InChI=1S/C16H10ClFN2O4/c1-24-9-4-2-3-8(5-9)20-7-11(16(22)23)13(21)10-6-12(18)14(17)19-15(10)20/h2-7H,1H3,(H,22,23). The number of carboxylic acid groups (broad SMARTS) is 1. The molecule has 8 heteroatoms. The molecule has 0 bridgehead atoms. The summed E-state index contributed by atoms with van der Waals surface area (Å²) < 4.78 is 20.2. The van der Waals surface area contributed by atoms with Crippen LogP contribution in [0.4, 0.5) is 4.39 Å². The second kappa shape index (κ2) is 5.93. The number of rotatable bonds is 3. The Kier molecular flexibility index (Phi) is 3.94. The highest BCUT2D eigenvalue weighted by Gasteiger charge is 2.18. The fourth-order valence-electron chi connectivity index (χ4n) is 2.31. The first kappa shape index (κ1) is 15.9. The Morgan fingerprint density at radius 2 is 2.12 bits per heavy atom. The highest BCUT2D eigenvalue weighted by Crippen LogP contribution is 2.23. The van der Waals surface area contributed by atoms with Crippen LogP contribution >= 0.6 is 11.6 Å². The minimum absolute atomic E-state index is 0.0460. The Balaban J connectivity index is 2.45. The Bertz CT molecular complexity index is 1030. The smallest absolute Gasteiger partial charge is 0.341 e. The summed E-state index contributed by atoms with van der Waals surface area (Å²) in [5.74, 6) is -1.81. The van der Waals surface area contributed by atoms with Crippen LogP contribution in [-0.4, -0.2) is 27.7 Å². The number of ether oxygens (including phenoxy) is 1. The Morgan fingerprint density at radius 3 is 2.79 bits per heavy atom. The molecule has 0 aliphatic rings. The van der Waals surface area contributed by atoms with E-state index in [4.69, 9.17) is 16.3 Å². The van der Waals surface area contributed by atoms with E-state index in [2.05, 4.69) is 4.98 Å². The molecule has 0 amide bonds. The molecule has 0 unspecified atom stereocenters. The average molecular weight is 349 g/mol. The summed E-state index contributed by atoms with van der Waals surface area (Å²) >= 11 is 5.72. The minimum Gasteiger partial charge on any atom is -0.497 e. The second-order valence-electron chi connectivity index (χ2n) is 4.88. The quantitative estimate of drug-likeness (QED) is 0.736. The maximum Gasteiger partial charge on any atom is 0.341 e. The van der Waals surface area contributed by atoms with E-state index < -0.39 is 27.9 Å². The van der Waals surface area contributed by atoms with Crippen molar-refractivity contribution in [3.8, 4) is 11.4 Å². The van der Waals surface area contributed by atoms with Gasteiger partial charge in [-0.15, -0.1) is 0 Å². The fourth-order valence-corrected chi connectivity index (χ4v) is 2.45. The van der Waals surface area contributed by atoms with Crippen LogP contribution in [0, 0.1) is 5.82 Å². The van der Waals surface area contributed by atoms with Crippen molar-refractivity contribution in [2.24, 2.45) is 0 Å². The highest BCUT2D eigenvalue weighted by atomic mass is 35.5. The summed E-state index contributed by atoms with van der Waals surface area (Å²) in [5, 5.41) is 8.65. The summed E-state index contributed by atoms with van der Waals surface area (Å²) in [5.41, 5.74) is -0.810. The number of carboxylic acids is 1. The van der Waals surface area contributed by atoms with Crippen molar-refractivity contribution in [3.63, 3.8) is 0 Å². The molecule has 1 N–H and O–H groups in total. The maximum absolute atomic E-state index is 13.7. The summed E-state index contributed by atoms with van der Waals surface area (Å²) in [6, 6.07) is 7.55. The van der Waals surface area contributed by atoms with E-state index in [1.54, 1.807) is 24.3 Å². The molecule has 0 fully saturated rings. The molecule has 0 spiro atoms. The van der Waals surface area contributed by atoms with E-state index in [0.717, 1.165) is 12.3 Å². The van der Waals surface area contributed by atoms with E-state index >= 15 is 0 Å².